The van der Waals surface area contributed by atoms with Crippen molar-refractivity contribution < 1.29 is 0 Å². The van der Waals surface area contributed by atoms with Crippen LogP contribution in [0.1, 0.15) is 6.04 Å². The van der Waals surface area contributed by atoms with Crippen LogP contribution in [0.2, 0.25) is 0 Å². The van der Waals surface area contributed by atoms with E-state index in [0.29, 0.717) is 6.04 Å². The zero-order valence-corrected chi connectivity index (χ0v) is 8.50. The molecule has 1 aliphatic rings. The summed E-state index contributed by atoms with van der Waals surface area (Å²) >= 11 is 1.73. The van der Waals surface area contributed by atoms with Gasteiger partial charge in [0.05, 0.1) is 24.3 Å². The van der Waals surface area contributed by atoms with E-state index in [1.54, 1.807) is 11.3 Å². The molecule has 0 amide bonds. The quantitative estimate of drug-likeness (QED) is 0.809. The van der Waals surface area contributed by atoms with Gasteiger partial charge in [0.2, 0.25) is 0 Å². The van der Waals surface area contributed by atoms with E-state index in [4.69, 9.17) is 0 Å². The van der Waals surface area contributed by atoms with Crippen molar-refractivity contribution in [2.45, 2.75) is 6.04 Å². The molecule has 0 aromatic carbocycles. The molecule has 0 bridgehead atoms. The van der Waals surface area contributed by atoms with Crippen molar-refractivity contribution in [1.82, 2.24) is 14.9 Å². The highest BCUT2D eigenvalue weighted by molar-refractivity contribution is 7.08. The summed E-state index contributed by atoms with van der Waals surface area (Å²) in [7, 11) is 0. The Labute approximate surface area is 86.4 Å². The van der Waals surface area contributed by atoms with E-state index in [0.717, 1.165) is 13.1 Å². The minimum Gasteiger partial charge on any atom is -0.325 e. The first-order chi connectivity index (χ1) is 6.95. The van der Waals surface area contributed by atoms with Crippen LogP contribution in [0, 0.1) is 0 Å². The summed E-state index contributed by atoms with van der Waals surface area (Å²) in [6, 6.07) is 2.73. The summed E-state index contributed by atoms with van der Waals surface area (Å²) in [6.45, 7) is 2.13. The molecule has 3 heterocycles. The van der Waals surface area contributed by atoms with E-state index in [-0.39, 0.29) is 0 Å². The fourth-order valence-electron chi connectivity index (χ4n) is 1.70. The van der Waals surface area contributed by atoms with Crippen LogP contribution < -0.4 is 5.32 Å². The molecule has 0 saturated carbocycles. The molecule has 0 aliphatic carbocycles. The minimum absolute atomic E-state index is 0.590. The van der Waals surface area contributed by atoms with E-state index in [2.05, 4.69) is 31.7 Å². The number of nitrogens with one attached hydrogen (secondary N) is 1. The van der Waals surface area contributed by atoms with Crippen molar-refractivity contribution in [3.05, 3.63) is 29.4 Å². The van der Waals surface area contributed by atoms with Crippen LogP contribution in [-0.4, -0.2) is 22.6 Å². The maximum Gasteiger partial charge on any atom is 0.0954 e. The number of aromatic nitrogens is 2. The van der Waals surface area contributed by atoms with Crippen molar-refractivity contribution in [2.24, 2.45) is 0 Å². The molecule has 72 valence electrons. The van der Waals surface area contributed by atoms with Crippen molar-refractivity contribution in [2.75, 3.05) is 13.1 Å². The first-order valence-corrected chi connectivity index (χ1v) is 5.64. The van der Waals surface area contributed by atoms with Gasteiger partial charge in [0.1, 0.15) is 0 Å². The number of imidazole rings is 1. The molecule has 0 radical (unpaired) electrons. The molecule has 1 N–H and O–H groups in total. The standard InChI is InChI=1S/C10H11N3S/c1-2-14-6-8(1)10-5-12-7-13(10)9-3-11-4-9/h1-2,5-7,9,11H,3-4H2. The van der Waals surface area contributed by atoms with Crippen LogP contribution in [0.25, 0.3) is 11.3 Å². The number of rotatable bonds is 2. The molecule has 0 unspecified atom stereocenters. The predicted octanol–water partition coefficient (Wildman–Crippen LogP) is 1.76. The lowest BCUT2D eigenvalue weighted by Gasteiger charge is -2.29. The molecule has 2 aromatic heterocycles. The lowest BCUT2D eigenvalue weighted by Crippen LogP contribution is -2.43. The Hall–Kier alpha value is -1.13. The monoisotopic (exact) mass is 205 g/mol. The molecule has 3 rings (SSSR count). The average molecular weight is 205 g/mol. The first kappa shape index (κ1) is 8.20. The summed E-state index contributed by atoms with van der Waals surface area (Å²) in [5.74, 6) is 0. The third-order valence-corrected chi connectivity index (χ3v) is 3.32. The number of hydrogen-bond donors (Lipinski definition) is 1. The Balaban J connectivity index is 2.01. The van der Waals surface area contributed by atoms with Gasteiger partial charge in [-0.2, -0.15) is 11.3 Å². The molecule has 4 heteroatoms. The number of hydrogen-bond acceptors (Lipinski definition) is 3. The second kappa shape index (κ2) is 3.22. The fourth-order valence-corrected chi connectivity index (χ4v) is 2.35. The van der Waals surface area contributed by atoms with E-state index >= 15 is 0 Å². The van der Waals surface area contributed by atoms with Crippen LogP contribution in [0.5, 0.6) is 0 Å². The highest BCUT2D eigenvalue weighted by Gasteiger charge is 2.21. The molecule has 1 saturated heterocycles. The maximum absolute atomic E-state index is 4.22. The van der Waals surface area contributed by atoms with Crippen molar-refractivity contribution in [3.63, 3.8) is 0 Å². The Morgan fingerprint density at radius 2 is 2.43 bits per heavy atom. The van der Waals surface area contributed by atoms with Crippen LogP contribution in [-0.2, 0) is 0 Å². The van der Waals surface area contributed by atoms with Crippen LogP contribution in [0.3, 0.4) is 0 Å². The van der Waals surface area contributed by atoms with Gasteiger partial charge in [-0.25, -0.2) is 4.98 Å². The van der Waals surface area contributed by atoms with E-state index < -0.39 is 0 Å². The lowest BCUT2D eigenvalue weighted by atomic mass is 10.1. The smallest absolute Gasteiger partial charge is 0.0954 e. The summed E-state index contributed by atoms with van der Waals surface area (Å²) in [5.41, 5.74) is 2.51. The number of nitrogens with zero attached hydrogens (tertiary/aromatic N) is 2. The van der Waals surface area contributed by atoms with E-state index in [1.165, 1.54) is 11.3 Å². The zero-order valence-electron chi connectivity index (χ0n) is 7.68. The largest absolute Gasteiger partial charge is 0.325 e. The SMILES string of the molecule is c1cc(-c2cncn2C2CNC2)cs1. The molecule has 14 heavy (non-hydrogen) atoms. The van der Waals surface area contributed by atoms with Gasteiger partial charge in [-0.05, 0) is 11.4 Å². The first-order valence-electron chi connectivity index (χ1n) is 4.70. The Morgan fingerprint density at radius 3 is 3.07 bits per heavy atom. The molecular weight excluding hydrogens is 194 g/mol. The molecular formula is C10H11N3S. The van der Waals surface area contributed by atoms with Gasteiger partial charge in [-0.15, -0.1) is 0 Å². The Kier molecular flexibility index (Phi) is 1.89. The van der Waals surface area contributed by atoms with Crippen LogP contribution in [0.4, 0.5) is 0 Å². The number of thiophene rings is 1. The normalized spacial score (nSPS) is 16.9. The van der Waals surface area contributed by atoms with Gasteiger partial charge in [-0.1, -0.05) is 0 Å². The van der Waals surface area contributed by atoms with E-state index in [1.807, 2.05) is 12.5 Å². The fraction of sp³-hybridized carbons (Fsp3) is 0.300. The molecule has 2 aromatic rings. The molecule has 0 atom stereocenters. The average Bonchev–Trinajstić information content (AvgIpc) is 2.66. The Bertz CT molecular complexity index is 414. The lowest BCUT2D eigenvalue weighted by molar-refractivity contribution is 0.346. The maximum atomic E-state index is 4.22. The topological polar surface area (TPSA) is 29.9 Å². The van der Waals surface area contributed by atoms with Gasteiger partial charge in [0.25, 0.3) is 0 Å². The zero-order chi connectivity index (χ0) is 9.38. The van der Waals surface area contributed by atoms with Crippen molar-refractivity contribution in [1.29, 1.82) is 0 Å². The summed E-state index contributed by atoms with van der Waals surface area (Å²) in [5, 5.41) is 7.55. The summed E-state index contributed by atoms with van der Waals surface area (Å²) in [6.07, 6.45) is 3.87. The van der Waals surface area contributed by atoms with Crippen molar-refractivity contribution >= 4 is 11.3 Å². The third kappa shape index (κ3) is 1.19. The summed E-state index contributed by atoms with van der Waals surface area (Å²) < 4.78 is 2.26. The predicted molar refractivity (Wildman–Crippen MR) is 57.4 cm³/mol. The molecule has 3 nitrogen and oxygen atoms in total. The minimum atomic E-state index is 0.590. The Morgan fingerprint density at radius 1 is 1.50 bits per heavy atom. The van der Waals surface area contributed by atoms with Crippen molar-refractivity contribution in [3.8, 4) is 11.3 Å². The van der Waals surface area contributed by atoms with Crippen LogP contribution >= 0.6 is 11.3 Å². The highest BCUT2D eigenvalue weighted by Crippen LogP contribution is 2.25. The van der Waals surface area contributed by atoms with Gasteiger partial charge in [0, 0.05) is 24.0 Å². The van der Waals surface area contributed by atoms with Crippen LogP contribution in [0.15, 0.2) is 29.4 Å². The third-order valence-electron chi connectivity index (χ3n) is 2.64. The molecule has 0 spiro atoms. The van der Waals surface area contributed by atoms with Gasteiger partial charge >= 0.3 is 0 Å². The van der Waals surface area contributed by atoms with Gasteiger partial charge in [0.15, 0.2) is 0 Å². The highest BCUT2D eigenvalue weighted by atomic mass is 32.1. The second-order valence-corrected chi connectivity index (χ2v) is 4.29. The van der Waals surface area contributed by atoms with Gasteiger partial charge < -0.3 is 9.88 Å². The molecule has 1 fully saturated rings. The summed E-state index contributed by atoms with van der Waals surface area (Å²) in [4.78, 5) is 4.22. The van der Waals surface area contributed by atoms with Gasteiger partial charge in [-0.3, -0.25) is 0 Å². The second-order valence-electron chi connectivity index (χ2n) is 3.51. The van der Waals surface area contributed by atoms with E-state index in [9.17, 15) is 0 Å². The molecule has 1 aliphatic heterocycles.